The molecule has 0 unspecified atom stereocenters. The Morgan fingerprint density at radius 2 is 1.89 bits per heavy atom. The molecule has 3 aromatic heterocycles. The average molecular weight is 473 g/mol. The largest absolute Gasteiger partial charge is 0.341 e. The third-order valence-corrected chi connectivity index (χ3v) is 6.39. The fraction of sp³-hybridized carbons (Fsp3) is 0.400. The predicted octanol–water partition coefficient (Wildman–Crippen LogP) is 1.02. The van der Waals surface area contributed by atoms with Gasteiger partial charge in [-0.05, 0) is 32.9 Å². The fourth-order valence-corrected chi connectivity index (χ4v) is 4.60. The normalized spacial score (nSPS) is 14.2. The van der Waals surface area contributed by atoms with E-state index in [1.54, 1.807) is 14.0 Å². The van der Waals surface area contributed by atoms with Crippen LogP contribution in [-0.2, 0) is 20.1 Å². The van der Waals surface area contributed by atoms with E-state index in [0.717, 1.165) is 49.2 Å². The van der Waals surface area contributed by atoms with Gasteiger partial charge in [0, 0.05) is 37.8 Å². The number of aryl methyl sites for hydroxylation is 2. The molecule has 1 aromatic carbocycles. The minimum Gasteiger partial charge on any atom is -0.341 e. The van der Waals surface area contributed by atoms with Crippen molar-refractivity contribution in [2.75, 3.05) is 31.1 Å². The zero-order chi connectivity index (χ0) is 24.5. The number of hydrogen-bond donors (Lipinski definition) is 1. The second-order valence-corrected chi connectivity index (χ2v) is 8.66. The van der Waals surface area contributed by atoms with Gasteiger partial charge in [-0.15, -0.1) is 5.92 Å². The summed E-state index contributed by atoms with van der Waals surface area (Å²) in [5, 5.41) is 4.33. The first-order valence-electron chi connectivity index (χ1n) is 11.8. The van der Waals surface area contributed by atoms with Crippen LogP contribution in [0, 0.1) is 18.8 Å². The van der Waals surface area contributed by atoms with Crippen LogP contribution in [0.3, 0.4) is 0 Å². The van der Waals surface area contributed by atoms with E-state index in [1.807, 2.05) is 35.8 Å². The van der Waals surface area contributed by atoms with Gasteiger partial charge in [0.05, 0.1) is 18.6 Å². The molecule has 0 aliphatic carbocycles. The number of hydrogen-bond acceptors (Lipinski definition) is 7. The van der Waals surface area contributed by atoms with Crippen molar-refractivity contribution in [1.82, 2.24) is 34.0 Å². The van der Waals surface area contributed by atoms with Crippen LogP contribution in [0.25, 0.3) is 22.1 Å². The highest BCUT2D eigenvalue weighted by molar-refractivity contribution is 5.80. The van der Waals surface area contributed by atoms with E-state index in [9.17, 15) is 9.59 Å². The number of anilines is 1. The SMILES string of the molecule is CC#CCn1c(N2CCCNCC2)nc2c1c(=O)n(Cc1nc(C)c3ccccc3n1)c(=O)n2C. The van der Waals surface area contributed by atoms with Gasteiger partial charge >= 0.3 is 5.69 Å². The van der Waals surface area contributed by atoms with Crippen LogP contribution >= 0.6 is 0 Å². The molecule has 1 N–H and O–H groups in total. The Morgan fingerprint density at radius 3 is 2.71 bits per heavy atom. The third-order valence-electron chi connectivity index (χ3n) is 6.39. The van der Waals surface area contributed by atoms with Gasteiger partial charge in [0.2, 0.25) is 5.95 Å². The maximum atomic E-state index is 13.8. The molecule has 0 bridgehead atoms. The van der Waals surface area contributed by atoms with Crippen molar-refractivity contribution in [1.29, 1.82) is 0 Å². The number of rotatable bonds is 4. The zero-order valence-electron chi connectivity index (χ0n) is 20.2. The van der Waals surface area contributed by atoms with Crippen LogP contribution in [0.1, 0.15) is 24.9 Å². The molecule has 35 heavy (non-hydrogen) atoms. The lowest BCUT2D eigenvalue weighted by atomic mass is 10.2. The zero-order valence-corrected chi connectivity index (χ0v) is 20.2. The van der Waals surface area contributed by atoms with E-state index in [1.165, 1.54) is 9.13 Å². The molecule has 1 saturated heterocycles. The Hall–Kier alpha value is -3.97. The van der Waals surface area contributed by atoms with Crippen LogP contribution in [0.4, 0.5) is 5.95 Å². The number of imidazole rings is 1. The van der Waals surface area contributed by atoms with Crippen LogP contribution < -0.4 is 21.5 Å². The van der Waals surface area contributed by atoms with Gasteiger partial charge in [-0.3, -0.25) is 18.5 Å². The molecule has 0 spiro atoms. The Bertz CT molecular complexity index is 1590. The summed E-state index contributed by atoms with van der Waals surface area (Å²) in [5.41, 5.74) is 1.43. The van der Waals surface area contributed by atoms with E-state index in [0.29, 0.717) is 29.5 Å². The summed E-state index contributed by atoms with van der Waals surface area (Å²) in [5.74, 6) is 7.05. The highest BCUT2D eigenvalue weighted by Gasteiger charge is 2.24. The van der Waals surface area contributed by atoms with Gasteiger partial charge in [-0.25, -0.2) is 14.8 Å². The summed E-state index contributed by atoms with van der Waals surface area (Å²) >= 11 is 0. The Balaban J connectivity index is 1.69. The highest BCUT2D eigenvalue weighted by Crippen LogP contribution is 2.20. The van der Waals surface area contributed by atoms with Gasteiger partial charge in [-0.1, -0.05) is 24.1 Å². The van der Waals surface area contributed by atoms with Crippen molar-refractivity contribution >= 4 is 28.0 Å². The van der Waals surface area contributed by atoms with Crippen LogP contribution in [0.15, 0.2) is 33.9 Å². The molecular weight excluding hydrogens is 444 g/mol. The standard InChI is InChI=1S/C25H28N8O2/c1-4-5-14-32-21-22(29-24(32)31-13-8-11-26-12-15-31)30(3)25(35)33(23(21)34)16-20-27-17(2)18-9-6-7-10-19(18)28-20/h6-7,9-10,26H,8,11-16H2,1-3H3. The molecule has 0 radical (unpaired) electrons. The molecule has 10 heteroatoms. The molecule has 10 nitrogen and oxygen atoms in total. The molecule has 0 saturated carbocycles. The predicted molar refractivity (Wildman–Crippen MR) is 136 cm³/mol. The number of para-hydroxylation sites is 1. The molecular formula is C25H28N8O2. The molecule has 4 aromatic rings. The Kier molecular flexibility index (Phi) is 6.09. The molecule has 0 amide bonds. The van der Waals surface area contributed by atoms with Crippen LogP contribution in [0.5, 0.6) is 0 Å². The third kappa shape index (κ3) is 4.08. The number of fused-ring (bicyclic) bond motifs is 2. The van der Waals surface area contributed by atoms with Crippen molar-refractivity contribution < 1.29 is 0 Å². The lowest BCUT2D eigenvalue weighted by Crippen LogP contribution is -2.40. The average Bonchev–Trinajstić information content (AvgIpc) is 3.03. The van der Waals surface area contributed by atoms with E-state index >= 15 is 0 Å². The van der Waals surface area contributed by atoms with Crippen molar-refractivity contribution in [2.45, 2.75) is 33.4 Å². The van der Waals surface area contributed by atoms with Crippen molar-refractivity contribution in [3.8, 4) is 11.8 Å². The lowest BCUT2D eigenvalue weighted by Gasteiger charge is -2.21. The van der Waals surface area contributed by atoms with E-state index < -0.39 is 11.2 Å². The van der Waals surface area contributed by atoms with Crippen molar-refractivity contribution in [3.63, 3.8) is 0 Å². The van der Waals surface area contributed by atoms with E-state index in [2.05, 4.69) is 32.0 Å². The van der Waals surface area contributed by atoms with E-state index in [-0.39, 0.29) is 6.54 Å². The van der Waals surface area contributed by atoms with Gasteiger partial charge in [0.1, 0.15) is 5.82 Å². The van der Waals surface area contributed by atoms with Gasteiger partial charge in [0.25, 0.3) is 5.56 Å². The van der Waals surface area contributed by atoms with Crippen molar-refractivity contribution in [3.05, 3.63) is 56.6 Å². The molecule has 1 aliphatic rings. The minimum atomic E-state index is -0.452. The molecule has 1 aliphatic heterocycles. The number of aromatic nitrogens is 6. The first-order chi connectivity index (χ1) is 17.0. The molecule has 4 heterocycles. The fourth-order valence-electron chi connectivity index (χ4n) is 4.60. The van der Waals surface area contributed by atoms with Gasteiger partial charge < -0.3 is 10.2 Å². The topological polar surface area (TPSA) is 103 Å². The summed E-state index contributed by atoms with van der Waals surface area (Å²) in [6.07, 6.45) is 0.963. The summed E-state index contributed by atoms with van der Waals surface area (Å²) < 4.78 is 4.46. The first kappa shape index (κ1) is 22.8. The Morgan fingerprint density at radius 1 is 1.06 bits per heavy atom. The smallest absolute Gasteiger partial charge is 0.332 e. The highest BCUT2D eigenvalue weighted by atomic mass is 16.2. The maximum Gasteiger partial charge on any atom is 0.332 e. The number of nitrogens with one attached hydrogen (secondary N) is 1. The second-order valence-electron chi connectivity index (χ2n) is 8.66. The summed E-state index contributed by atoms with van der Waals surface area (Å²) in [7, 11) is 1.64. The molecule has 180 valence electrons. The van der Waals surface area contributed by atoms with Crippen molar-refractivity contribution in [2.24, 2.45) is 7.05 Å². The maximum absolute atomic E-state index is 13.8. The molecule has 0 atom stereocenters. The lowest BCUT2D eigenvalue weighted by molar-refractivity contribution is 0.633. The van der Waals surface area contributed by atoms with Crippen LogP contribution in [-0.4, -0.2) is 54.8 Å². The molecule has 5 rings (SSSR count). The molecule has 1 fully saturated rings. The van der Waals surface area contributed by atoms with Crippen LogP contribution in [0.2, 0.25) is 0 Å². The quantitative estimate of drug-likeness (QED) is 0.443. The summed E-state index contributed by atoms with van der Waals surface area (Å²) in [6.45, 7) is 7.27. The summed E-state index contributed by atoms with van der Waals surface area (Å²) in [6, 6.07) is 7.70. The summed E-state index contributed by atoms with van der Waals surface area (Å²) in [4.78, 5) is 43.1. The first-order valence-corrected chi connectivity index (χ1v) is 11.8. The number of nitrogens with zero attached hydrogens (tertiary/aromatic N) is 7. The second kappa shape index (κ2) is 9.35. The number of benzene rings is 1. The van der Waals surface area contributed by atoms with Gasteiger partial charge in [-0.2, -0.15) is 4.98 Å². The Labute approximate surface area is 202 Å². The minimum absolute atomic E-state index is 0.0271. The van der Waals surface area contributed by atoms with E-state index in [4.69, 9.17) is 4.98 Å². The van der Waals surface area contributed by atoms with Gasteiger partial charge in [0.15, 0.2) is 11.2 Å². The monoisotopic (exact) mass is 472 g/mol.